The van der Waals surface area contributed by atoms with Gasteiger partial charge in [-0.2, -0.15) is 0 Å². The molecule has 0 spiro atoms. The molecule has 0 saturated carbocycles. The Morgan fingerprint density at radius 1 is 1.35 bits per heavy atom. The number of unbranched alkanes of at least 4 members (excludes halogenated alkanes) is 3. The average molecular weight is 239 g/mol. The van der Waals surface area contributed by atoms with Gasteiger partial charge in [-0.3, -0.25) is 4.79 Å². The van der Waals surface area contributed by atoms with E-state index in [0.29, 0.717) is 6.54 Å². The Morgan fingerprint density at radius 3 is 2.76 bits per heavy atom. The zero-order valence-corrected chi connectivity index (χ0v) is 10.0. The summed E-state index contributed by atoms with van der Waals surface area (Å²) in [6, 6.07) is 3.52. The Bertz CT molecular complexity index is 380. The number of benzene rings is 1. The lowest BCUT2D eigenvalue weighted by molar-refractivity contribution is 0.0949. The van der Waals surface area contributed by atoms with Crippen molar-refractivity contribution in [2.24, 2.45) is 0 Å². The molecule has 1 amide bonds. The molecule has 0 radical (unpaired) electrons. The number of hydrogen-bond donors (Lipinski definition) is 2. The van der Waals surface area contributed by atoms with Gasteiger partial charge in [-0.25, -0.2) is 4.39 Å². The van der Waals surface area contributed by atoms with E-state index in [2.05, 4.69) is 12.2 Å². The van der Waals surface area contributed by atoms with Gasteiger partial charge in [0.2, 0.25) is 0 Å². The van der Waals surface area contributed by atoms with Gasteiger partial charge in [-0.05, 0) is 18.6 Å². The van der Waals surface area contributed by atoms with E-state index in [1.165, 1.54) is 12.1 Å². The maximum atomic E-state index is 13.3. The van der Waals surface area contributed by atoms with Gasteiger partial charge in [0.05, 0.1) is 5.56 Å². The number of phenols is 1. The molecular weight excluding hydrogens is 221 g/mol. The average Bonchev–Trinajstić information content (AvgIpc) is 2.28. The van der Waals surface area contributed by atoms with Crippen molar-refractivity contribution in [3.05, 3.63) is 29.6 Å². The normalized spacial score (nSPS) is 10.2. The van der Waals surface area contributed by atoms with Gasteiger partial charge in [0.1, 0.15) is 11.6 Å². The molecule has 17 heavy (non-hydrogen) atoms. The molecule has 4 heteroatoms. The van der Waals surface area contributed by atoms with Crippen LogP contribution in [0.4, 0.5) is 4.39 Å². The molecule has 0 aliphatic heterocycles. The smallest absolute Gasteiger partial charge is 0.254 e. The molecule has 1 aromatic carbocycles. The van der Waals surface area contributed by atoms with E-state index in [1.807, 2.05) is 0 Å². The largest absolute Gasteiger partial charge is 0.508 e. The summed E-state index contributed by atoms with van der Waals surface area (Å²) in [4.78, 5) is 11.6. The van der Waals surface area contributed by atoms with Crippen LogP contribution in [0.1, 0.15) is 43.0 Å². The van der Waals surface area contributed by atoms with Crippen LogP contribution in [-0.4, -0.2) is 17.6 Å². The first kappa shape index (κ1) is 13.5. The molecule has 1 aromatic rings. The van der Waals surface area contributed by atoms with E-state index >= 15 is 0 Å². The maximum absolute atomic E-state index is 13.3. The quantitative estimate of drug-likeness (QED) is 0.750. The van der Waals surface area contributed by atoms with Crippen molar-refractivity contribution in [3.8, 4) is 5.75 Å². The second-order valence-electron chi connectivity index (χ2n) is 3.98. The van der Waals surface area contributed by atoms with E-state index in [9.17, 15) is 9.18 Å². The van der Waals surface area contributed by atoms with Crippen LogP contribution in [0.2, 0.25) is 0 Å². The van der Waals surface area contributed by atoms with Crippen molar-refractivity contribution in [2.45, 2.75) is 32.6 Å². The number of rotatable bonds is 6. The van der Waals surface area contributed by atoms with Crippen LogP contribution in [0.15, 0.2) is 18.2 Å². The van der Waals surface area contributed by atoms with Crippen molar-refractivity contribution < 1.29 is 14.3 Å². The van der Waals surface area contributed by atoms with E-state index in [1.54, 1.807) is 0 Å². The number of aromatic hydroxyl groups is 1. The fraction of sp³-hybridized carbons (Fsp3) is 0.462. The van der Waals surface area contributed by atoms with Gasteiger partial charge in [0.25, 0.3) is 5.91 Å². The predicted octanol–water partition coefficient (Wildman–Crippen LogP) is 2.84. The standard InChI is InChI=1S/C13H18FNO2/c1-2-3-4-5-8-15-13(17)11-7-6-10(16)9-12(11)14/h6-7,9,16H,2-5,8H2,1H3,(H,15,17). The van der Waals surface area contributed by atoms with Gasteiger partial charge < -0.3 is 10.4 Å². The lowest BCUT2D eigenvalue weighted by Crippen LogP contribution is -2.25. The number of hydrogen-bond acceptors (Lipinski definition) is 2. The lowest BCUT2D eigenvalue weighted by atomic mass is 10.1. The summed E-state index contributed by atoms with van der Waals surface area (Å²) in [6.45, 7) is 2.67. The highest BCUT2D eigenvalue weighted by molar-refractivity contribution is 5.94. The molecule has 0 aliphatic carbocycles. The predicted molar refractivity (Wildman–Crippen MR) is 64.5 cm³/mol. The zero-order chi connectivity index (χ0) is 12.7. The van der Waals surface area contributed by atoms with E-state index in [0.717, 1.165) is 31.7 Å². The van der Waals surface area contributed by atoms with Crippen LogP contribution in [0, 0.1) is 5.82 Å². The SMILES string of the molecule is CCCCCCNC(=O)c1ccc(O)cc1F. The number of nitrogens with one attached hydrogen (secondary N) is 1. The highest BCUT2D eigenvalue weighted by Crippen LogP contribution is 2.14. The molecule has 94 valence electrons. The van der Waals surface area contributed by atoms with Crippen molar-refractivity contribution in [1.82, 2.24) is 5.32 Å². The minimum atomic E-state index is -0.698. The number of carbonyl (C=O) groups is 1. The first-order valence-electron chi connectivity index (χ1n) is 5.92. The Morgan fingerprint density at radius 2 is 2.12 bits per heavy atom. The maximum Gasteiger partial charge on any atom is 0.254 e. The van der Waals surface area contributed by atoms with Crippen LogP contribution < -0.4 is 5.32 Å². The highest BCUT2D eigenvalue weighted by atomic mass is 19.1. The van der Waals surface area contributed by atoms with Gasteiger partial charge >= 0.3 is 0 Å². The van der Waals surface area contributed by atoms with Crippen LogP contribution in [-0.2, 0) is 0 Å². The molecule has 0 heterocycles. The van der Waals surface area contributed by atoms with Crippen molar-refractivity contribution in [1.29, 1.82) is 0 Å². The van der Waals surface area contributed by atoms with E-state index in [-0.39, 0.29) is 11.3 Å². The van der Waals surface area contributed by atoms with Crippen molar-refractivity contribution >= 4 is 5.91 Å². The summed E-state index contributed by atoms with van der Waals surface area (Å²) in [5.41, 5.74) is -0.0294. The Labute approximate surface area is 101 Å². The summed E-state index contributed by atoms with van der Waals surface area (Å²) in [5, 5.41) is 11.7. The molecule has 0 aromatic heterocycles. The second kappa shape index (κ2) is 6.89. The summed E-state index contributed by atoms with van der Waals surface area (Å²) >= 11 is 0. The highest BCUT2D eigenvalue weighted by Gasteiger charge is 2.11. The molecule has 2 N–H and O–H groups in total. The molecular formula is C13H18FNO2. The monoisotopic (exact) mass is 239 g/mol. The van der Waals surface area contributed by atoms with Crippen LogP contribution in [0.25, 0.3) is 0 Å². The van der Waals surface area contributed by atoms with Crippen LogP contribution in [0.3, 0.4) is 0 Å². The molecule has 1 rings (SSSR count). The third-order valence-corrected chi connectivity index (χ3v) is 2.51. The Balaban J connectivity index is 2.42. The molecule has 0 fully saturated rings. The number of phenolic OH excluding ortho intramolecular Hbond substituents is 1. The van der Waals surface area contributed by atoms with Crippen molar-refractivity contribution in [2.75, 3.05) is 6.54 Å². The molecule has 0 saturated heterocycles. The Hall–Kier alpha value is -1.58. The molecule has 3 nitrogen and oxygen atoms in total. The topological polar surface area (TPSA) is 49.3 Å². The number of amides is 1. The van der Waals surface area contributed by atoms with Gasteiger partial charge in [0, 0.05) is 12.6 Å². The number of carbonyl (C=O) groups excluding carboxylic acids is 1. The van der Waals surface area contributed by atoms with Gasteiger partial charge in [0.15, 0.2) is 0 Å². The first-order valence-corrected chi connectivity index (χ1v) is 5.92. The van der Waals surface area contributed by atoms with Crippen molar-refractivity contribution in [3.63, 3.8) is 0 Å². The van der Waals surface area contributed by atoms with E-state index in [4.69, 9.17) is 5.11 Å². The second-order valence-corrected chi connectivity index (χ2v) is 3.98. The fourth-order valence-electron chi connectivity index (χ4n) is 1.54. The molecule has 0 aliphatic rings. The van der Waals surface area contributed by atoms with Crippen LogP contribution >= 0.6 is 0 Å². The van der Waals surface area contributed by atoms with Gasteiger partial charge in [-0.1, -0.05) is 26.2 Å². The van der Waals surface area contributed by atoms with Crippen LogP contribution in [0.5, 0.6) is 5.75 Å². The van der Waals surface area contributed by atoms with E-state index < -0.39 is 11.7 Å². The molecule has 0 atom stereocenters. The summed E-state index contributed by atoms with van der Waals surface area (Å²) in [6.07, 6.45) is 4.25. The Kier molecular flexibility index (Phi) is 5.46. The molecule has 0 unspecified atom stereocenters. The summed E-state index contributed by atoms with van der Waals surface area (Å²) in [7, 11) is 0. The summed E-state index contributed by atoms with van der Waals surface area (Å²) < 4.78 is 13.3. The summed E-state index contributed by atoms with van der Waals surface area (Å²) in [5.74, 6) is -1.31. The zero-order valence-electron chi connectivity index (χ0n) is 10.0. The lowest BCUT2D eigenvalue weighted by Gasteiger charge is -2.06. The van der Waals surface area contributed by atoms with Gasteiger partial charge in [-0.15, -0.1) is 0 Å². The third kappa shape index (κ3) is 4.43. The third-order valence-electron chi connectivity index (χ3n) is 2.51. The molecule has 0 bridgehead atoms. The first-order chi connectivity index (χ1) is 8.15. The minimum absolute atomic E-state index is 0.0294. The number of halogens is 1. The minimum Gasteiger partial charge on any atom is -0.508 e. The fourth-order valence-corrected chi connectivity index (χ4v) is 1.54.